The minimum Gasteiger partial charge on any atom is -0.478 e. The highest BCUT2D eigenvalue weighted by Gasteiger charge is 2.15. The van der Waals surface area contributed by atoms with Gasteiger partial charge in [-0.15, -0.1) is 0 Å². The van der Waals surface area contributed by atoms with Crippen LogP contribution in [0.15, 0.2) is 18.2 Å². The van der Waals surface area contributed by atoms with Crippen molar-refractivity contribution in [3.8, 4) is 11.8 Å². The SMILES string of the molecule is Cc1ccc(C#CCCNC(=O)OC(C)(C)C)cc1C(=O)O. The van der Waals surface area contributed by atoms with Crippen LogP contribution in [0.5, 0.6) is 0 Å². The number of nitrogens with one attached hydrogen (secondary N) is 1. The maximum Gasteiger partial charge on any atom is 0.407 e. The summed E-state index contributed by atoms with van der Waals surface area (Å²) in [6.45, 7) is 7.50. The number of carboxylic acids is 1. The van der Waals surface area contributed by atoms with E-state index >= 15 is 0 Å². The van der Waals surface area contributed by atoms with Crippen LogP contribution in [-0.4, -0.2) is 29.3 Å². The smallest absolute Gasteiger partial charge is 0.407 e. The Morgan fingerprint density at radius 3 is 2.59 bits per heavy atom. The molecule has 0 saturated heterocycles. The first-order valence-electron chi connectivity index (χ1n) is 6.99. The molecule has 0 radical (unpaired) electrons. The number of alkyl carbamates (subject to hydrolysis) is 1. The van der Waals surface area contributed by atoms with E-state index in [2.05, 4.69) is 17.2 Å². The van der Waals surface area contributed by atoms with Crippen molar-refractivity contribution in [3.05, 3.63) is 34.9 Å². The van der Waals surface area contributed by atoms with Crippen molar-refractivity contribution in [2.75, 3.05) is 6.54 Å². The average Bonchev–Trinajstić information content (AvgIpc) is 2.37. The number of aryl methyl sites for hydroxylation is 1. The Bertz CT molecular complexity index is 618. The predicted octanol–water partition coefficient (Wildman–Crippen LogP) is 2.96. The molecule has 1 rings (SSSR count). The molecule has 0 heterocycles. The lowest BCUT2D eigenvalue weighted by molar-refractivity contribution is 0.0528. The molecule has 5 nitrogen and oxygen atoms in total. The Kier molecular flexibility index (Phi) is 6.00. The van der Waals surface area contributed by atoms with Crippen molar-refractivity contribution < 1.29 is 19.4 Å². The minimum absolute atomic E-state index is 0.249. The summed E-state index contributed by atoms with van der Waals surface area (Å²) in [6.07, 6.45) is -0.0204. The van der Waals surface area contributed by atoms with Gasteiger partial charge in [0.2, 0.25) is 0 Å². The lowest BCUT2D eigenvalue weighted by Gasteiger charge is -2.19. The van der Waals surface area contributed by atoms with E-state index in [1.165, 1.54) is 0 Å². The Balaban J connectivity index is 2.50. The fraction of sp³-hybridized carbons (Fsp3) is 0.412. The monoisotopic (exact) mass is 303 g/mol. The van der Waals surface area contributed by atoms with Gasteiger partial charge in [0, 0.05) is 18.5 Å². The standard InChI is InChI=1S/C17H21NO4/c1-12-8-9-13(11-14(12)15(19)20)7-5-6-10-18-16(21)22-17(2,3)4/h8-9,11H,6,10H2,1-4H3,(H,18,21)(H,19,20). The Hall–Kier alpha value is -2.48. The second-order valence-electron chi connectivity index (χ2n) is 5.82. The van der Waals surface area contributed by atoms with E-state index in [0.717, 1.165) is 0 Å². The zero-order valence-electron chi connectivity index (χ0n) is 13.3. The van der Waals surface area contributed by atoms with Crippen LogP contribution in [0, 0.1) is 18.8 Å². The molecule has 0 atom stereocenters. The molecule has 0 bridgehead atoms. The summed E-state index contributed by atoms with van der Waals surface area (Å²) in [6, 6.07) is 5.05. The zero-order valence-corrected chi connectivity index (χ0v) is 13.3. The third kappa shape index (κ3) is 6.31. The molecule has 0 unspecified atom stereocenters. The molecule has 1 aromatic carbocycles. The van der Waals surface area contributed by atoms with E-state index in [0.29, 0.717) is 24.1 Å². The van der Waals surface area contributed by atoms with Gasteiger partial charge in [0.05, 0.1) is 5.56 Å². The molecule has 0 aromatic heterocycles. The van der Waals surface area contributed by atoms with Gasteiger partial charge in [-0.25, -0.2) is 9.59 Å². The number of amides is 1. The van der Waals surface area contributed by atoms with Crippen LogP contribution in [0.4, 0.5) is 4.79 Å². The number of carbonyl (C=O) groups is 2. The van der Waals surface area contributed by atoms with Crippen molar-refractivity contribution in [3.63, 3.8) is 0 Å². The largest absolute Gasteiger partial charge is 0.478 e. The Morgan fingerprint density at radius 1 is 1.32 bits per heavy atom. The van der Waals surface area contributed by atoms with Crippen LogP contribution in [0.1, 0.15) is 48.7 Å². The molecule has 0 aliphatic carbocycles. The molecule has 1 aromatic rings. The lowest BCUT2D eigenvalue weighted by atomic mass is 10.1. The van der Waals surface area contributed by atoms with Gasteiger partial charge in [0.15, 0.2) is 0 Å². The summed E-state index contributed by atoms with van der Waals surface area (Å²) >= 11 is 0. The number of ether oxygens (including phenoxy) is 1. The van der Waals surface area contributed by atoms with E-state index in [1.807, 2.05) is 0 Å². The molecular weight excluding hydrogens is 282 g/mol. The van der Waals surface area contributed by atoms with Crippen LogP contribution in [0.3, 0.4) is 0 Å². The van der Waals surface area contributed by atoms with E-state index in [9.17, 15) is 9.59 Å². The summed E-state index contributed by atoms with van der Waals surface area (Å²) < 4.78 is 5.09. The van der Waals surface area contributed by atoms with E-state index in [-0.39, 0.29) is 5.56 Å². The summed E-state index contributed by atoms with van der Waals surface area (Å²) in [4.78, 5) is 22.4. The molecular formula is C17H21NO4. The number of benzene rings is 1. The quantitative estimate of drug-likeness (QED) is 0.665. The fourth-order valence-corrected chi connectivity index (χ4v) is 1.64. The Labute approximate surface area is 130 Å². The molecule has 118 valence electrons. The minimum atomic E-state index is -0.965. The molecule has 0 spiro atoms. The average molecular weight is 303 g/mol. The van der Waals surface area contributed by atoms with E-state index in [4.69, 9.17) is 9.84 Å². The van der Waals surface area contributed by atoms with Crippen molar-refractivity contribution >= 4 is 12.1 Å². The third-order valence-electron chi connectivity index (χ3n) is 2.62. The highest BCUT2D eigenvalue weighted by molar-refractivity contribution is 5.89. The molecule has 22 heavy (non-hydrogen) atoms. The first kappa shape index (κ1) is 17.6. The number of rotatable bonds is 3. The molecule has 0 aliphatic heterocycles. The normalized spacial score (nSPS) is 10.4. The molecule has 5 heteroatoms. The summed E-state index contributed by atoms with van der Waals surface area (Å²) in [7, 11) is 0. The van der Waals surface area contributed by atoms with Crippen LogP contribution < -0.4 is 5.32 Å². The van der Waals surface area contributed by atoms with Gasteiger partial charge in [0.1, 0.15) is 5.60 Å². The summed E-state index contributed by atoms with van der Waals surface area (Å²) in [5, 5.41) is 11.7. The zero-order chi connectivity index (χ0) is 16.8. The van der Waals surface area contributed by atoms with Gasteiger partial charge in [-0.1, -0.05) is 17.9 Å². The highest BCUT2D eigenvalue weighted by Crippen LogP contribution is 2.10. The molecule has 2 N–H and O–H groups in total. The molecule has 0 saturated carbocycles. The topological polar surface area (TPSA) is 75.6 Å². The Morgan fingerprint density at radius 2 is 2.00 bits per heavy atom. The number of hydrogen-bond acceptors (Lipinski definition) is 3. The van der Waals surface area contributed by atoms with Crippen LogP contribution >= 0.6 is 0 Å². The molecule has 0 fully saturated rings. The van der Waals surface area contributed by atoms with Gasteiger partial charge >= 0.3 is 12.1 Å². The van der Waals surface area contributed by atoms with Crippen molar-refractivity contribution in [2.24, 2.45) is 0 Å². The lowest BCUT2D eigenvalue weighted by Crippen LogP contribution is -2.32. The maximum atomic E-state index is 11.4. The van der Waals surface area contributed by atoms with E-state index in [1.54, 1.807) is 45.9 Å². The van der Waals surface area contributed by atoms with E-state index < -0.39 is 17.7 Å². The van der Waals surface area contributed by atoms with Crippen molar-refractivity contribution in [1.29, 1.82) is 0 Å². The number of aromatic carboxylic acids is 1. The number of carboxylic acid groups (broad SMARTS) is 1. The van der Waals surface area contributed by atoms with Crippen molar-refractivity contribution in [1.82, 2.24) is 5.32 Å². The first-order chi connectivity index (χ1) is 10.2. The predicted molar refractivity (Wildman–Crippen MR) is 83.9 cm³/mol. The van der Waals surface area contributed by atoms with Gasteiger partial charge in [-0.2, -0.15) is 0 Å². The van der Waals surface area contributed by atoms with Crippen molar-refractivity contribution in [2.45, 2.75) is 39.7 Å². The summed E-state index contributed by atoms with van der Waals surface area (Å²) in [5.41, 5.74) is 1.06. The van der Waals surface area contributed by atoms with Crippen LogP contribution in [-0.2, 0) is 4.74 Å². The van der Waals surface area contributed by atoms with Gasteiger partial charge in [-0.05, 0) is 45.4 Å². The first-order valence-corrected chi connectivity index (χ1v) is 6.99. The van der Waals surface area contributed by atoms with Gasteiger partial charge < -0.3 is 15.2 Å². The van der Waals surface area contributed by atoms with Gasteiger partial charge in [-0.3, -0.25) is 0 Å². The molecule has 0 aliphatic rings. The summed E-state index contributed by atoms with van der Waals surface area (Å²) in [5.74, 6) is 4.81. The molecule has 1 amide bonds. The number of carbonyl (C=O) groups excluding carboxylic acids is 1. The highest BCUT2D eigenvalue weighted by atomic mass is 16.6. The fourth-order valence-electron chi connectivity index (χ4n) is 1.64. The van der Waals surface area contributed by atoms with Crippen LogP contribution in [0.2, 0.25) is 0 Å². The number of hydrogen-bond donors (Lipinski definition) is 2. The van der Waals surface area contributed by atoms with Crippen LogP contribution in [0.25, 0.3) is 0 Å². The second kappa shape index (κ2) is 7.51. The second-order valence-corrected chi connectivity index (χ2v) is 5.82. The maximum absolute atomic E-state index is 11.4. The third-order valence-corrected chi connectivity index (χ3v) is 2.62. The van der Waals surface area contributed by atoms with Gasteiger partial charge in [0.25, 0.3) is 0 Å².